The number of carbonyl (C=O) groups excluding carboxylic acids is 3. The van der Waals surface area contributed by atoms with Crippen molar-refractivity contribution in [3.8, 4) is 5.75 Å². The number of hydrogen-bond acceptors (Lipinski definition) is 6. The number of nitrogens with zero attached hydrogens (tertiary/aromatic N) is 2. The zero-order valence-electron chi connectivity index (χ0n) is 20.8. The first-order chi connectivity index (χ1) is 18.4. The molecule has 0 radical (unpaired) electrons. The molecule has 38 heavy (non-hydrogen) atoms. The zero-order valence-corrected chi connectivity index (χ0v) is 20.8. The number of furan rings is 1. The van der Waals surface area contributed by atoms with E-state index in [1.807, 2.05) is 54.4 Å². The molecule has 4 aliphatic heterocycles. The van der Waals surface area contributed by atoms with Gasteiger partial charge in [0.15, 0.2) is 5.54 Å². The van der Waals surface area contributed by atoms with Crippen molar-refractivity contribution >= 4 is 29.6 Å². The normalized spacial score (nSPS) is 23.2. The number of rotatable bonds is 5. The summed E-state index contributed by atoms with van der Waals surface area (Å²) in [7, 11) is 1.93. The first-order valence-electron chi connectivity index (χ1n) is 12.7. The monoisotopic (exact) mass is 510 g/mol. The number of nitrogens with one attached hydrogen (secondary N) is 2. The fourth-order valence-corrected chi connectivity index (χ4v) is 5.97. The molecule has 0 bridgehead atoms. The molecule has 1 fully saturated rings. The van der Waals surface area contributed by atoms with Crippen LogP contribution in [0.2, 0.25) is 0 Å². The van der Waals surface area contributed by atoms with Gasteiger partial charge in [0.2, 0.25) is 0 Å². The van der Waals surface area contributed by atoms with Crippen LogP contribution in [0.5, 0.6) is 5.75 Å². The number of carbonyl (C=O) groups is 3. The lowest BCUT2D eigenvalue weighted by Gasteiger charge is -2.29. The van der Waals surface area contributed by atoms with Crippen LogP contribution < -0.4 is 20.3 Å². The van der Waals surface area contributed by atoms with E-state index in [0.717, 1.165) is 29.0 Å². The van der Waals surface area contributed by atoms with Gasteiger partial charge < -0.3 is 24.3 Å². The Balaban J connectivity index is 1.18. The molecule has 9 heteroatoms. The fraction of sp³-hybridized carbons (Fsp3) is 0.276. The van der Waals surface area contributed by atoms with E-state index in [1.165, 1.54) is 5.56 Å². The number of ether oxygens (including phenoxy) is 1. The molecule has 4 aliphatic rings. The number of amides is 4. The smallest absolute Gasteiger partial charge is 0.322 e. The number of likely N-dealkylation sites (N-methyl/N-ethyl adjacent to an activating group) is 1. The van der Waals surface area contributed by atoms with Crippen LogP contribution in [0.3, 0.4) is 0 Å². The second-order valence-corrected chi connectivity index (χ2v) is 10.3. The van der Waals surface area contributed by atoms with Gasteiger partial charge in [-0.25, -0.2) is 4.79 Å². The molecule has 3 aromatic rings. The minimum Gasteiger partial charge on any atom is -0.489 e. The molecule has 192 valence electrons. The Labute approximate surface area is 219 Å². The third-order valence-electron chi connectivity index (χ3n) is 7.84. The van der Waals surface area contributed by atoms with Crippen LogP contribution in [0, 0.1) is 0 Å². The van der Waals surface area contributed by atoms with Crippen molar-refractivity contribution in [3.05, 3.63) is 88.4 Å². The van der Waals surface area contributed by atoms with Crippen molar-refractivity contribution in [2.45, 2.75) is 31.0 Å². The molecule has 5 heterocycles. The highest BCUT2D eigenvalue weighted by Gasteiger charge is 2.53. The zero-order chi connectivity index (χ0) is 26.0. The maximum atomic E-state index is 13.8. The van der Waals surface area contributed by atoms with Gasteiger partial charge in [0.1, 0.15) is 23.4 Å². The second-order valence-electron chi connectivity index (χ2n) is 10.3. The summed E-state index contributed by atoms with van der Waals surface area (Å²) in [6.45, 7) is 0.979. The summed E-state index contributed by atoms with van der Waals surface area (Å²) in [5.41, 5.74) is 2.91. The van der Waals surface area contributed by atoms with Crippen molar-refractivity contribution in [1.29, 1.82) is 0 Å². The fourth-order valence-electron chi connectivity index (χ4n) is 5.97. The van der Waals surface area contributed by atoms with Gasteiger partial charge in [0.25, 0.3) is 11.8 Å². The summed E-state index contributed by atoms with van der Waals surface area (Å²) in [6, 6.07) is 15.2. The lowest BCUT2D eigenvalue weighted by molar-refractivity contribution is -0.125. The highest BCUT2D eigenvalue weighted by molar-refractivity contribution is 6.08. The van der Waals surface area contributed by atoms with Crippen molar-refractivity contribution < 1.29 is 23.5 Å². The molecule has 0 saturated carbocycles. The van der Waals surface area contributed by atoms with Crippen LogP contribution >= 0.6 is 0 Å². The summed E-state index contributed by atoms with van der Waals surface area (Å²) in [6.07, 6.45) is 5.16. The lowest BCUT2D eigenvalue weighted by atomic mass is 9.95. The van der Waals surface area contributed by atoms with Crippen LogP contribution in [-0.4, -0.2) is 49.0 Å². The largest absolute Gasteiger partial charge is 0.489 e. The van der Waals surface area contributed by atoms with Crippen molar-refractivity contribution in [2.24, 2.45) is 0 Å². The van der Waals surface area contributed by atoms with Crippen LogP contribution in [0.15, 0.2) is 59.0 Å². The Kier molecular flexibility index (Phi) is 4.91. The average Bonchev–Trinajstić information content (AvgIpc) is 3.65. The van der Waals surface area contributed by atoms with E-state index >= 15 is 0 Å². The molecule has 7 rings (SSSR count). The molecule has 1 aromatic heterocycles. The van der Waals surface area contributed by atoms with Gasteiger partial charge >= 0.3 is 6.03 Å². The number of imide groups is 1. The summed E-state index contributed by atoms with van der Waals surface area (Å²) >= 11 is 0. The first-order valence-corrected chi connectivity index (χ1v) is 12.7. The minimum absolute atomic E-state index is 0.0496. The van der Waals surface area contributed by atoms with E-state index in [1.54, 1.807) is 11.0 Å². The molecule has 2 N–H and O–H groups in total. The first kappa shape index (κ1) is 22.7. The molecule has 2 atom stereocenters. The summed E-state index contributed by atoms with van der Waals surface area (Å²) in [5.74, 6) is 0.917. The molecular formula is C29H26N4O5. The number of fused-ring (bicyclic) bond motifs is 4. The van der Waals surface area contributed by atoms with Gasteiger partial charge in [0.05, 0.1) is 17.8 Å². The van der Waals surface area contributed by atoms with E-state index in [9.17, 15) is 14.4 Å². The number of urea groups is 1. The Morgan fingerprint density at radius 1 is 1.11 bits per heavy atom. The predicted octanol–water partition coefficient (Wildman–Crippen LogP) is 2.98. The molecule has 4 amide bonds. The summed E-state index contributed by atoms with van der Waals surface area (Å²) in [5, 5.41) is 5.10. The molecular weight excluding hydrogens is 484 g/mol. The van der Waals surface area contributed by atoms with Crippen LogP contribution in [0.1, 0.15) is 38.6 Å². The molecule has 0 aliphatic carbocycles. The number of benzene rings is 2. The van der Waals surface area contributed by atoms with Crippen LogP contribution in [0.25, 0.3) is 6.08 Å². The molecule has 0 spiro atoms. The topological polar surface area (TPSA) is 104 Å². The van der Waals surface area contributed by atoms with Crippen LogP contribution in [-0.2, 0) is 29.7 Å². The van der Waals surface area contributed by atoms with E-state index in [-0.39, 0.29) is 18.6 Å². The standard InChI is InChI=1S/C29H26N4O5/c1-32-11-5-8-23-21(32)14-24(38-23)29(27(35)30-28(36)31-29)16-33-15-18-9-10-22-20(25(18)26(33)34)13-19(37-22)12-17-6-3-2-4-7-17/h2-10,14,19H,11-13,15-16H2,1H3,(H2,30,31,35,36). The summed E-state index contributed by atoms with van der Waals surface area (Å²) in [4.78, 5) is 43.0. The predicted molar refractivity (Wildman–Crippen MR) is 139 cm³/mol. The van der Waals surface area contributed by atoms with Crippen LogP contribution in [0.4, 0.5) is 10.5 Å². The highest BCUT2D eigenvalue weighted by atomic mass is 16.5. The second kappa shape index (κ2) is 8.24. The maximum Gasteiger partial charge on any atom is 0.322 e. The minimum atomic E-state index is -1.53. The van der Waals surface area contributed by atoms with Gasteiger partial charge in [-0.15, -0.1) is 0 Å². The van der Waals surface area contributed by atoms with E-state index in [0.29, 0.717) is 36.6 Å². The molecule has 2 aromatic carbocycles. The third-order valence-corrected chi connectivity index (χ3v) is 7.84. The Morgan fingerprint density at radius 2 is 1.95 bits per heavy atom. The number of anilines is 1. The Bertz CT molecular complexity index is 1530. The quantitative estimate of drug-likeness (QED) is 0.512. The van der Waals surface area contributed by atoms with Gasteiger partial charge in [-0.1, -0.05) is 42.5 Å². The van der Waals surface area contributed by atoms with Gasteiger partial charge in [-0.05, 0) is 23.3 Å². The van der Waals surface area contributed by atoms with E-state index < -0.39 is 17.5 Å². The molecule has 9 nitrogen and oxygen atoms in total. The maximum absolute atomic E-state index is 13.8. The average molecular weight is 511 g/mol. The Hall–Kier alpha value is -4.53. The Morgan fingerprint density at radius 3 is 2.71 bits per heavy atom. The van der Waals surface area contributed by atoms with Crippen molar-refractivity contribution in [2.75, 3.05) is 25.0 Å². The number of hydrogen-bond donors (Lipinski definition) is 2. The third kappa shape index (κ3) is 3.42. The molecule has 1 saturated heterocycles. The molecule has 2 unspecified atom stereocenters. The summed E-state index contributed by atoms with van der Waals surface area (Å²) < 4.78 is 12.3. The van der Waals surface area contributed by atoms with E-state index in [2.05, 4.69) is 22.8 Å². The van der Waals surface area contributed by atoms with Crippen molar-refractivity contribution in [1.82, 2.24) is 15.5 Å². The highest BCUT2D eigenvalue weighted by Crippen LogP contribution is 2.41. The lowest BCUT2D eigenvalue weighted by Crippen LogP contribution is -2.52. The SMILES string of the molecule is CN1CC=Cc2oc(C3(CN4Cc5ccc6c(c5C4=O)CC(Cc4ccccc4)O6)NC(=O)NC3=O)cc21. The van der Waals surface area contributed by atoms with Gasteiger partial charge in [0, 0.05) is 44.6 Å². The van der Waals surface area contributed by atoms with Gasteiger partial charge in [-0.2, -0.15) is 0 Å². The van der Waals surface area contributed by atoms with Crippen molar-refractivity contribution in [3.63, 3.8) is 0 Å². The van der Waals surface area contributed by atoms with E-state index in [4.69, 9.17) is 9.15 Å². The van der Waals surface area contributed by atoms with Gasteiger partial charge in [-0.3, -0.25) is 14.9 Å².